The molecule has 122 valence electrons. The zero-order chi connectivity index (χ0) is 15.8. The molecule has 4 heteroatoms. The van der Waals surface area contributed by atoms with Gasteiger partial charge in [0.2, 0.25) is 0 Å². The van der Waals surface area contributed by atoms with Crippen LogP contribution in [-0.4, -0.2) is 35.8 Å². The summed E-state index contributed by atoms with van der Waals surface area (Å²) in [4.78, 5) is 26.7. The highest BCUT2D eigenvalue weighted by Crippen LogP contribution is 2.36. The van der Waals surface area contributed by atoms with Gasteiger partial charge in [0.15, 0.2) is 0 Å². The van der Waals surface area contributed by atoms with Gasteiger partial charge >= 0.3 is 0 Å². The van der Waals surface area contributed by atoms with Crippen LogP contribution >= 0.6 is 0 Å². The topological polar surface area (TPSA) is 49.4 Å². The molecule has 2 aliphatic carbocycles. The Hall–Kier alpha value is -1.84. The first-order valence-electron chi connectivity index (χ1n) is 8.91. The van der Waals surface area contributed by atoms with Crippen LogP contribution in [0.15, 0.2) is 24.3 Å². The number of hydrogen-bond acceptors (Lipinski definition) is 2. The molecule has 1 aromatic carbocycles. The first-order valence-corrected chi connectivity index (χ1v) is 8.91. The molecule has 2 amide bonds. The summed E-state index contributed by atoms with van der Waals surface area (Å²) in [7, 11) is 0. The summed E-state index contributed by atoms with van der Waals surface area (Å²) in [5, 5.41) is 2.97. The Kier molecular flexibility index (Phi) is 3.83. The van der Waals surface area contributed by atoms with Crippen molar-refractivity contribution in [2.45, 2.75) is 44.6 Å². The van der Waals surface area contributed by atoms with Crippen LogP contribution in [0.1, 0.15) is 59.2 Å². The average molecular weight is 312 g/mol. The maximum Gasteiger partial charge on any atom is 0.253 e. The highest BCUT2D eigenvalue weighted by molar-refractivity contribution is 5.98. The molecule has 3 aliphatic rings. The largest absolute Gasteiger partial charge is 0.349 e. The molecule has 0 spiro atoms. The van der Waals surface area contributed by atoms with E-state index in [1.165, 1.54) is 25.7 Å². The third kappa shape index (κ3) is 3.12. The van der Waals surface area contributed by atoms with Crippen molar-refractivity contribution in [3.63, 3.8) is 0 Å². The number of nitrogens with one attached hydrogen (secondary N) is 1. The lowest BCUT2D eigenvalue weighted by Gasteiger charge is -2.22. The molecule has 1 aliphatic heterocycles. The Morgan fingerprint density at radius 2 is 1.43 bits per heavy atom. The molecule has 2 saturated carbocycles. The molecule has 0 radical (unpaired) electrons. The van der Waals surface area contributed by atoms with Gasteiger partial charge in [-0.05, 0) is 61.8 Å². The van der Waals surface area contributed by atoms with Gasteiger partial charge in [-0.25, -0.2) is 0 Å². The minimum atomic E-state index is -0.0290. The van der Waals surface area contributed by atoms with Crippen LogP contribution in [0.3, 0.4) is 0 Å². The van der Waals surface area contributed by atoms with Gasteiger partial charge in [-0.3, -0.25) is 9.59 Å². The SMILES string of the molecule is O=C(NC1CC1)c1ccc(C(=O)N2C[C@H]3CCCC[C@H]3C2)cc1. The van der Waals surface area contributed by atoms with Crippen LogP contribution < -0.4 is 5.32 Å². The lowest BCUT2D eigenvalue weighted by molar-refractivity contribution is 0.0783. The number of hydrogen-bond donors (Lipinski definition) is 1. The highest BCUT2D eigenvalue weighted by Gasteiger charge is 2.36. The van der Waals surface area contributed by atoms with Crippen molar-refractivity contribution in [2.75, 3.05) is 13.1 Å². The molecular formula is C19H24N2O2. The van der Waals surface area contributed by atoms with Crippen LogP contribution in [0.4, 0.5) is 0 Å². The van der Waals surface area contributed by atoms with Crippen LogP contribution in [0.2, 0.25) is 0 Å². The van der Waals surface area contributed by atoms with Crippen LogP contribution in [0, 0.1) is 11.8 Å². The van der Waals surface area contributed by atoms with Gasteiger partial charge in [0.1, 0.15) is 0 Å². The van der Waals surface area contributed by atoms with E-state index in [1.54, 1.807) is 24.3 Å². The van der Waals surface area contributed by atoms with E-state index in [0.717, 1.165) is 25.9 Å². The lowest BCUT2D eigenvalue weighted by Crippen LogP contribution is -2.29. The summed E-state index contributed by atoms with van der Waals surface area (Å²) in [6, 6.07) is 7.50. The van der Waals surface area contributed by atoms with Gasteiger partial charge in [0, 0.05) is 30.3 Å². The predicted molar refractivity (Wildman–Crippen MR) is 88.3 cm³/mol. The second kappa shape index (κ2) is 5.99. The number of carbonyl (C=O) groups excluding carboxylic acids is 2. The van der Waals surface area contributed by atoms with Crippen molar-refractivity contribution in [3.8, 4) is 0 Å². The molecule has 0 bridgehead atoms. The molecule has 1 aromatic rings. The Labute approximate surface area is 137 Å². The van der Waals surface area contributed by atoms with E-state index in [9.17, 15) is 9.59 Å². The number of fused-ring (bicyclic) bond motifs is 1. The molecule has 1 heterocycles. The predicted octanol–water partition coefficient (Wildman–Crippen LogP) is 2.84. The van der Waals surface area contributed by atoms with Gasteiger partial charge in [0.25, 0.3) is 11.8 Å². The summed E-state index contributed by atoms with van der Waals surface area (Å²) in [5.41, 5.74) is 1.34. The number of benzene rings is 1. The molecule has 4 rings (SSSR count). The van der Waals surface area contributed by atoms with Crippen molar-refractivity contribution < 1.29 is 9.59 Å². The van der Waals surface area contributed by atoms with E-state index in [1.807, 2.05) is 4.90 Å². The minimum Gasteiger partial charge on any atom is -0.349 e. The number of rotatable bonds is 3. The Balaban J connectivity index is 1.41. The molecule has 0 aromatic heterocycles. The number of carbonyl (C=O) groups is 2. The van der Waals surface area contributed by atoms with Gasteiger partial charge in [-0.1, -0.05) is 12.8 Å². The first-order chi connectivity index (χ1) is 11.2. The average Bonchev–Trinajstić information content (AvgIpc) is 3.29. The fourth-order valence-corrected chi connectivity index (χ4v) is 4.01. The van der Waals surface area contributed by atoms with Crippen LogP contribution in [0.25, 0.3) is 0 Å². The highest BCUT2D eigenvalue weighted by atomic mass is 16.2. The second-order valence-electron chi connectivity index (χ2n) is 7.34. The third-order valence-electron chi connectivity index (χ3n) is 5.57. The van der Waals surface area contributed by atoms with Gasteiger partial charge in [-0.15, -0.1) is 0 Å². The monoisotopic (exact) mass is 312 g/mol. The van der Waals surface area contributed by atoms with Gasteiger partial charge in [-0.2, -0.15) is 0 Å². The smallest absolute Gasteiger partial charge is 0.253 e. The molecule has 3 fully saturated rings. The van der Waals surface area contributed by atoms with Crippen molar-refractivity contribution in [2.24, 2.45) is 11.8 Å². The summed E-state index contributed by atoms with van der Waals surface area (Å²) < 4.78 is 0. The summed E-state index contributed by atoms with van der Waals surface area (Å²) >= 11 is 0. The summed E-state index contributed by atoms with van der Waals surface area (Å²) in [6.07, 6.45) is 7.34. The molecule has 4 nitrogen and oxygen atoms in total. The first kappa shape index (κ1) is 14.7. The quantitative estimate of drug-likeness (QED) is 0.933. The number of nitrogens with zero attached hydrogens (tertiary/aromatic N) is 1. The third-order valence-corrected chi connectivity index (χ3v) is 5.57. The fourth-order valence-electron chi connectivity index (χ4n) is 4.01. The van der Waals surface area contributed by atoms with E-state index < -0.39 is 0 Å². The van der Waals surface area contributed by atoms with E-state index in [-0.39, 0.29) is 11.8 Å². The van der Waals surface area contributed by atoms with E-state index >= 15 is 0 Å². The van der Waals surface area contributed by atoms with Crippen molar-refractivity contribution in [3.05, 3.63) is 35.4 Å². The molecule has 1 N–H and O–H groups in total. The van der Waals surface area contributed by atoms with Gasteiger partial charge < -0.3 is 10.2 Å². The minimum absolute atomic E-state index is 0.0290. The Morgan fingerprint density at radius 3 is 2.00 bits per heavy atom. The Bertz CT molecular complexity index is 592. The summed E-state index contributed by atoms with van der Waals surface area (Å²) in [6.45, 7) is 1.82. The van der Waals surface area contributed by atoms with Crippen LogP contribution in [-0.2, 0) is 0 Å². The van der Waals surface area contributed by atoms with E-state index in [0.29, 0.717) is 29.0 Å². The number of likely N-dealkylation sites (tertiary alicyclic amines) is 1. The molecule has 2 atom stereocenters. The summed E-state index contributed by atoms with van der Waals surface area (Å²) in [5.74, 6) is 1.50. The molecule has 0 unspecified atom stereocenters. The van der Waals surface area contributed by atoms with Crippen molar-refractivity contribution >= 4 is 11.8 Å². The standard InChI is InChI=1S/C19H24N2O2/c22-18(20-17-9-10-17)13-5-7-14(8-6-13)19(23)21-11-15-3-1-2-4-16(15)12-21/h5-8,15-17H,1-4,9-12H2,(H,20,22)/t15-,16+. The normalized spacial score (nSPS) is 26.7. The molecule has 23 heavy (non-hydrogen) atoms. The van der Waals surface area contributed by atoms with Crippen molar-refractivity contribution in [1.82, 2.24) is 10.2 Å². The van der Waals surface area contributed by atoms with E-state index in [4.69, 9.17) is 0 Å². The molecule has 1 saturated heterocycles. The van der Waals surface area contributed by atoms with Crippen LogP contribution in [0.5, 0.6) is 0 Å². The zero-order valence-electron chi connectivity index (χ0n) is 13.5. The van der Waals surface area contributed by atoms with Crippen molar-refractivity contribution in [1.29, 1.82) is 0 Å². The maximum atomic E-state index is 12.7. The fraction of sp³-hybridized carbons (Fsp3) is 0.579. The Morgan fingerprint density at radius 1 is 0.870 bits per heavy atom. The number of amides is 2. The molecular weight excluding hydrogens is 288 g/mol. The van der Waals surface area contributed by atoms with Gasteiger partial charge in [0.05, 0.1) is 0 Å². The second-order valence-corrected chi connectivity index (χ2v) is 7.34. The maximum absolute atomic E-state index is 12.7. The van der Waals surface area contributed by atoms with E-state index in [2.05, 4.69) is 5.32 Å². The zero-order valence-corrected chi connectivity index (χ0v) is 13.5. The lowest BCUT2D eigenvalue weighted by atomic mass is 9.82.